The maximum atomic E-state index is 11.7. The van der Waals surface area contributed by atoms with E-state index in [2.05, 4.69) is 21.1 Å². The van der Waals surface area contributed by atoms with Crippen molar-refractivity contribution in [1.82, 2.24) is 10.9 Å². The molecule has 134 valence electrons. The number of hydrazone groups is 2. The van der Waals surface area contributed by atoms with Crippen LogP contribution in [0.3, 0.4) is 0 Å². The lowest BCUT2D eigenvalue weighted by molar-refractivity contribution is -0.126. The molecule has 0 saturated carbocycles. The standard InChI is InChI=1S/C20H22N4O2/c1-15-3-7-17(8-4-15)13-21-23-19(25)11-12-20(26)24-22-14-18-9-5-16(2)6-10-18/h3-10,13-14H,11-12H2,1-2H3,(H,23,25)(H,24,26). The minimum Gasteiger partial charge on any atom is -0.273 e. The maximum Gasteiger partial charge on any atom is 0.240 e. The van der Waals surface area contributed by atoms with Crippen molar-refractivity contribution in [2.75, 3.05) is 0 Å². The van der Waals surface area contributed by atoms with Gasteiger partial charge < -0.3 is 0 Å². The molecule has 2 amide bonds. The lowest BCUT2D eigenvalue weighted by atomic mass is 10.2. The first kappa shape index (κ1) is 19.1. The summed E-state index contributed by atoms with van der Waals surface area (Å²) in [5, 5.41) is 7.74. The molecule has 2 N–H and O–H groups in total. The van der Waals surface area contributed by atoms with Crippen LogP contribution in [0, 0.1) is 13.8 Å². The van der Waals surface area contributed by atoms with Crippen LogP contribution in [0.25, 0.3) is 0 Å². The summed E-state index contributed by atoms with van der Waals surface area (Å²) in [5.74, 6) is -0.656. The summed E-state index contributed by atoms with van der Waals surface area (Å²) >= 11 is 0. The van der Waals surface area contributed by atoms with Gasteiger partial charge in [-0.2, -0.15) is 10.2 Å². The van der Waals surface area contributed by atoms with Crippen LogP contribution in [0.4, 0.5) is 0 Å². The molecule has 0 saturated heterocycles. The molecule has 0 bridgehead atoms. The number of nitrogens with zero attached hydrogens (tertiary/aromatic N) is 2. The number of amides is 2. The number of nitrogens with one attached hydrogen (secondary N) is 2. The van der Waals surface area contributed by atoms with Gasteiger partial charge in [0.1, 0.15) is 0 Å². The lowest BCUT2D eigenvalue weighted by Crippen LogP contribution is -2.22. The third-order valence-electron chi connectivity index (χ3n) is 3.54. The molecule has 0 aromatic heterocycles. The first-order valence-electron chi connectivity index (χ1n) is 8.30. The maximum absolute atomic E-state index is 11.7. The van der Waals surface area contributed by atoms with Crippen LogP contribution in [-0.2, 0) is 9.59 Å². The molecule has 0 heterocycles. The van der Waals surface area contributed by atoms with Gasteiger partial charge in [0.15, 0.2) is 0 Å². The second-order valence-electron chi connectivity index (χ2n) is 5.91. The van der Waals surface area contributed by atoms with Crippen molar-refractivity contribution in [2.45, 2.75) is 26.7 Å². The summed E-state index contributed by atoms with van der Waals surface area (Å²) in [4.78, 5) is 23.4. The molecule has 0 atom stereocenters. The van der Waals surface area contributed by atoms with Crippen LogP contribution in [0.1, 0.15) is 35.1 Å². The number of hydrogen-bond acceptors (Lipinski definition) is 4. The Bertz CT molecular complexity index is 724. The zero-order valence-corrected chi connectivity index (χ0v) is 14.9. The fourth-order valence-electron chi connectivity index (χ4n) is 2.00. The molecule has 26 heavy (non-hydrogen) atoms. The van der Waals surface area contributed by atoms with Crippen LogP contribution in [0.2, 0.25) is 0 Å². The van der Waals surface area contributed by atoms with Gasteiger partial charge in [0, 0.05) is 12.8 Å². The predicted molar refractivity (Wildman–Crippen MR) is 103 cm³/mol. The summed E-state index contributed by atoms with van der Waals surface area (Å²) in [7, 11) is 0. The molecule has 0 aliphatic heterocycles. The van der Waals surface area contributed by atoms with Crippen molar-refractivity contribution < 1.29 is 9.59 Å². The Kier molecular flexibility index (Phi) is 7.24. The largest absolute Gasteiger partial charge is 0.273 e. The third kappa shape index (κ3) is 7.09. The van der Waals surface area contributed by atoms with Gasteiger partial charge in [-0.1, -0.05) is 59.7 Å². The number of rotatable bonds is 7. The molecule has 0 aliphatic carbocycles. The summed E-state index contributed by atoms with van der Waals surface area (Å²) in [6.45, 7) is 4.00. The normalized spacial score (nSPS) is 11.0. The highest BCUT2D eigenvalue weighted by Crippen LogP contribution is 2.01. The monoisotopic (exact) mass is 350 g/mol. The second kappa shape index (κ2) is 9.88. The van der Waals surface area contributed by atoms with Crippen LogP contribution >= 0.6 is 0 Å². The summed E-state index contributed by atoms with van der Waals surface area (Å²) in [6, 6.07) is 15.5. The van der Waals surface area contributed by atoms with Crippen LogP contribution in [0.15, 0.2) is 58.7 Å². The van der Waals surface area contributed by atoms with Crippen molar-refractivity contribution in [3.63, 3.8) is 0 Å². The highest BCUT2D eigenvalue weighted by atomic mass is 16.2. The van der Waals surface area contributed by atoms with E-state index in [0.29, 0.717) is 0 Å². The van der Waals surface area contributed by atoms with Gasteiger partial charge in [0.2, 0.25) is 11.8 Å². The van der Waals surface area contributed by atoms with E-state index in [1.807, 2.05) is 62.4 Å². The molecule has 0 aliphatic rings. The van der Waals surface area contributed by atoms with Crippen molar-refractivity contribution >= 4 is 24.2 Å². The zero-order valence-electron chi connectivity index (χ0n) is 14.9. The molecule has 2 aromatic carbocycles. The molecule has 2 aromatic rings. The lowest BCUT2D eigenvalue weighted by Gasteiger charge is -2.00. The van der Waals surface area contributed by atoms with E-state index in [9.17, 15) is 9.59 Å². The summed E-state index contributed by atoms with van der Waals surface area (Å²) < 4.78 is 0. The minimum atomic E-state index is -0.328. The Hall–Kier alpha value is -3.28. The predicted octanol–water partition coefficient (Wildman–Crippen LogP) is 2.68. The Morgan fingerprint density at radius 1 is 0.731 bits per heavy atom. The third-order valence-corrected chi connectivity index (χ3v) is 3.54. The van der Waals surface area contributed by atoms with E-state index in [0.717, 1.165) is 22.3 Å². The van der Waals surface area contributed by atoms with Crippen LogP contribution in [0.5, 0.6) is 0 Å². The number of carbonyl (C=O) groups excluding carboxylic acids is 2. The highest BCUT2D eigenvalue weighted by molar-refractivity contribution is 5.86. The molecule has 0 radical (unpaired) electrons. The van der Waals surface area contributed by atoms with Gasteiger partial charge in [-0.25, -0.2) is 10.9 Å². The van der Waals surface area contributed by atoms with Gasteiger partial charge in [0.05, 0.1) is 12.4 Å². The van der Waals surface area contributed by atoms with Crippen molar-refractivity contribution in [2.24, 2.45) is 10.2 Å². The first-order chi connectivity index (χ1) is 12.5. The van der Waals surface area contributed by atoms with Crippen molar-refractivity contribution in [3.8, 4) is 0 Å². The van der Waals surface area contributed by atoms with E-state index in [1.54, 1.807) is 12.4 Å². The van der Waals surface area contributed by atoms with E-state index in [1.165, 1.54) is 0 Å². The first-order valence-corrected chi connectivity index (χ1v) is 8.30. The summed E-state index contributed by atoms with van der Waals surface area (Å²) in [5.41, 5.74) is 8.89. The van der Waals surface area contributed by atoms with E-state index in [4.69, 9.17) is 0 Å². The fraction of sp³-hybridized carbons (Fsp3) is 0.200. The smallest absolute Gasteiger partial charge is 0.240 e. The van der Waals surface area contributed by atoms with Crippen LogP contribution in [-0.4, -0.2) is 24.2 Å². The highest BCUT2D eigenvalue weighted by Gasteiger charge is 2.05. The van der Waals surface area contributed by atoms with Crippen LogP contribution < -0.4 is 10.9 Å². The molecule has 0 unspecified atom stereocenters. The number of carbonyl (C=O) groups is 2. The Morgan fingerprint density at radius 3 is 1.42 bits per heavy atom. The van der Waals surface area contributed by atoms with Gasteiger partial charge in [-0.3, -0.25) is 9.59 Å². The van der Waals surface area contributed by atoms with E-state index < -0.39 is 0 Å². The SMILES string of the molecule is Cc1ccc(C=NNC(=O)CCC(=O)NN=Cc2ccc(C)cc2)cc1. The average molecular weight is 350 g/mol. The number of aryl methyl sites for hydroxylation is 2. The molecule has 6 nitrogen and oxygen atoms in total. The second-order valence-corrected chi connectivity index (χ2v) is 5.91. The van der Waals surface area contributed by atoms with E-state index >= 15 is 0 Å². The van der Waals surface area contributed by atoms with Gasteiger partial charge >= 0.3 is 0 Å². The van der Waals surface area contributed by atoms with Gasteiger partial charge in [-0.05, 0) is 25.0 Å². The molecule has 2 rings (SSSR count). The van der Waals surface area contributed by atoms with Gasteiger partial charge in [-0.15, -0.1) is 0 Å². The minimum absolute atomic E-state index is 0.0388. The summed E-state index contributed by atoms with van der Waals surface area (Å²) in [6.07, 6.45) is 3.20. The van der Waals surface area contributed by atoms with Gasteiger partial charge in [0.25, 0.3) is 0 Å². The van der Waals surface area contributed by atoms with Crippen molar-refractivity contribution in [3.05, 3.63) is 70.8 Å². The Morgan fingerprint density at radius 2 is 1.08 bits per heavy atom. The topological polar surface area (TPSA) is 82.9 Å². The van der Waals surface area contributed by atoms with E-state index in [-0.39, 0.29) is 24.7 Å². The fourth-order valence-corrected chi connectivity index (χ4v) is 2.00. The molecule has 0 fully saturated rings. The zero-order chi connectivity index (χ0) is 18.8. The number of benzene rings is 2. The molecular weight excluding hydrogens is 328 g/mol. The molecular formula is C20H22N4O2. The Labute approximate surface area is 153 Å². The molecule has 0 spiro atoms. The quantitative estimate of drug-likeness (QED) is 0.594. The van der Waals surface area contributed by atoms with Crippen molar-refractivity contribution in [1.29, 1.82) is 0 Å². The average Bonchev–Trinajstić information content (AvgIpc) is 2.63. The molecule has 6 heteroatoms. The Balaban J connectivity index is 1.67. The number of hydrogen-bond donors (Lipinski definition) is 2.